The number of aromatic nitrogens is 1. The van der Waals surface area contributed by atoms with Gasteiger partial charge in [0.05, 0.1) is 18.8 Å². The summed E-state index contributed by atoms with van der Waals surface area (Å²) >= 11 is 0. The molecule has 2 aromatic carbocycles. The number of hydrogen-bond acceptors (Lipinski definition) is 4. The Hall–Kier alpha value is -3.58. The maximum Gasteiger partial charge on any atom is 0.219 e. The summed E-state index contributed by atoms with van der Waals surface area (Å²) < 4.78 is 10.9. The quantitative estimate of drug-likeness (QED) is 0.530. The molecule has 0 aliphatic carbocycles. The molecule has 0 saturated heterocycles. The molecule has 3 aromatic rings. The number of hydrogen-bond donors (Lipinski definition) is 0. The normalized spacial score (nSPS) is 10.9. The largest absolute Gasteiger partial charge is 0.497 e. The number of pyridine rings is 1. The highest BCUT2D eigenvalue weighted by atomic mass is 16.5. The first-order valence-corrected chi connectivity index (χ1v) is 8.72. The molecular weight excluding hydrogens is 336 g/mol. The lowest BCUT2D eigenvalue weighted by Crippen LogP contribution is -1.93. The summed E-state index contributed by atoms with van der Waals surface area (Å²) in [6.07, 6.45) is 3.39. The van der Waals surface area contributed by atoms with Crippen molar-refractivity contribution in [3.63, 3.8) is 0 Å². The van der Waals surface area contributed by atoms with Crippen LogP contribution in [0.3, 0.4) is 0 Å². The number of para-hydroxylation sites is 1. The minimum Gasteiger partial charge on any atom is -0.497 e. The van der Waals surface area contributed by atoms with Crippen molar-refractivity contribution in [1.29, 1.82) is 5.26 Å². The van der Waals surface area contributed by atoms with Gasteiger partial charge >= 0.3 is 0 Å². The molecule has 0 aliphatic heterocycles. The molecule has 0 N–H and O–H groups in total. The van der Waals surface area contributed by atoms with Gasteiger partial charge in [-0.25, -0.2) is 4.98 Å². The van der Waals surface area contributed by atoms with Gasteiger partial charge in [0.25, 0.3) is 0 Å². The number of rotatable bonds is 7. The standard InChI is InChI=1S/C23H20N2O2/c1-26-21-15-13-18(14-16-21)19(17-24)7-5-8-20-9-6-12-23(25-20)27-22-10-3-2-4-11-22/h2-4,6-7,9-16H,5,8H2,1H3/b19-7-. The van der Waals surface area contributed by atoms with Gasteiger partial charge in [-0.3, -0.25) is 0 Å². The van der Waals surface area contributed by atoms with E-state index < -0.39 is 0 Å². The molecule has 27 heavy (non-hydrogen) atoms. The fourth-order valence-electron chi connectivity index (χ4n) is 2.63. The Morgan fingerprint density at radius 1 is 0.963 bits per heavy atom. The van der Waals surface area contributed by atoms with Crippen molar-refractivity contribution in [1.82, 2.24) is 4.98 Å². The molecule has 0 atom stereocenters. The van der Waals surface area contributed by atoms with Gasteiger partial charge in [-0.15, -0.1) is 0 Å². The van der Waals surface area contributed by atoms with Crippen LogP contribution in [0.1, 0.15) is 17.7 Å². The zero-order chi connectivity index (χ0) is 18.9. The van der Waals surface area contributed by atoms with Crippen molar-refractivity contribution >= 4 is 5.57 Å². The Bertz CT molecular complexity index is 942. The third kappa shape index (κ3) is 5.20. The Kier molecular flexibility index (Phi) is 6.21. The first-order chi connectivity index (χ1) is 13.3. The molecule has 1 aromatic heterocycles. The van der Waals surface area contributed by atoms with Crippen LogP contribution in [-0.4, -0.2) is 12.1 Å². The monoisotopic (exact) mass is 356 g/mol. The molecule has 0 unspecified atom stereocenters. The van der Waals surface area contributed by atoms with E-state index in [1.165, 1.54) is 0 Å². The molecule has 1 heterocycles. The molecule has 0 fully saturated rings. The van der Waals surface area contributed by atoms with Crippen LogP contribution in [0.4, 0.5) is 0 Å². The first kappa shape index (κ1) is 18.2. The first-order valence-electron chi connectivity index (χ1n) is 8.72. The van der Waals surface area contributed by atoms with E-state index >= 15 is 0 Å². The van der Waals surface area contributed by atoms with E-state index in [9.17, 15) is 5.26 Å². The van der Waals surface area contributed by atoms with Gasteiger partial charge in [0, 0.05) is 11.8 Å². The van der Waals surface area contributed by atoms with Crippen molar-refractivity contribution < 1.29 is 9.47 Å². The smallest absolute Gasteiger partial charge is 0.219 e. The minimum absolute atomic E-state index is 0.568. The number of nitriles is 1. The molecular formula is C23H20N2O2. The minimum atomic E-state index is 0.568. The molecule has 0 radical (unpaired) electrons. The fourth-order valence-corrected chi connectivity index (χ4v) is 2.63. The van der Waals surface area contributed by atoms with Crippen molar-refractivity contribution in [3.05, 3.63) is 90.1 Å². The fraction of sp³-hybridized carbons (Fsp3) is 0.130. The summed E-state index contributed by atoms with van der Waals surface area (Å²) in [6.45, 7) is 0. The van der Waals surface area contributed by atoms with Crippen molar-refractivity contribution in [2.24, 2.45) is 0 Å². The van der Waals surface area contributed by atoms with Gasteiger partial charge in [-0.2, -0.15) is 5.26 Å². The Balaban J connectivity index is 1.64. The number of benzene rings is 2. The van der Waals surface area contributed by atoms with E-state index in [2.05, 4.69) is 11.1 Å². The predicted molar refractivity (Wildman–Crippen MR) is 106 cm³/mol. The average Bonchev–Trinajstić information content (AvgIpc) is 2.72. The number of aryl methyl sites for hydroxylation is 1. The molecule has 4 heteroatoms. The maximum absolute atomic E-state index is 9.43. The number of allylic oxidation sites excluding steroid dienone is 2. The summed E-state index contributed by atoms with van der Waals surface area (Å²) in [5, 5.41) is 9.43. The number of nitrogens with zero attached hydrogens (tertiary/aromatic N) is 2. The van der Waals surface area contributed by atoms with Crippen LogP contribution in [0.25, 0.3) is 5.57 Å². The van der Waals surface area contributed by atoms with Gasteiger partial charge in [-0.05, 0) is 60.9 Å². The third-order valence-corrected chi connectivity index (χ3v) is 4.02. The van der Waals surface area contributed by atoms with Gasteiger partial charge in [0.15, 0.2) is 0 Å². The Labute approximate surface area is 159 Å². The van der Waals surface area contributed by atoms with Gasteiger partial charge in [0.2, 0.25) is 5.88 Å². The summed E-state index contributed by atoms with van der Waals surface area (Å²) in [6, 6.07) is 25.1. The van der Waals surface area contributed by atoms with Crippen molar-refractivity contribution in [2.45, 2.75) is 12.8 Å². The van der Waals surface area contributed by atoms with Crippen LogP contribution >= 0.6 is 0 Å². The SMILES string of the molecule is COc1ccc(/C(C#N)=C\CCc2cccc(Oc3ccccc3)n2)cc1. The Morgan fingerprint density at radius 2 is 1.74 bits per heavy atom. The van der Waals surface area contributed by atoms with E-state index in [0.717, 1.165) is 35.6 Å². The molecule has 4 nitrogen and oxygen atoms in total. The van der Waals surface area contributed by atoms with E-state index in [0.29, 0.717) is 11.5 Å². The van der Waals surface area contributed by atoms with Gasteiger partial charge in [-0.1, -0.05) is 30.3 Å². The predicted octanol–water partition coefficient (Wildman–Crippen LogP) is 5.42. The molecule has 0 amide bonds. The molecule has 0 saturated carbocycles. The second kappa shape index (κ2) is 9.21. The number of methoxy groups -OCH3 is 1. The summed E-state index contributed by atoms with van der Waals surface area (Å²) in [4.78, 5) is 4.54. The zero-order valence-electron chi connectivity index (χ0n) is 15.1. The van der Waals surface area contributed by atoms with E-state index in [-0.39, 0.29) is 0 Å². The zero-order valence-corrected chi connectivity index (χ0v) is 15.1. The van der Waals surface area contributed by atoms with Crippen LogP contribution in [-0.2, 0) is 6.42 Å². The van der Waals surface area contributed by atoms with E-state index in [4.69, 9.17) is 9.47 Å². The van der Waals surface area contributed by atoms with Crippen LogP contribution in [0.15, 0.2) is 78.9 Å². The topological polar surface area (TPSA) is 55.1 Å². The van der Waals surface area contributed by atoms with Crippen LogP contribution in [0, 0.1) is 11.3 Å². The second-order valence-electron chi connectivity index (χ2n) is 5.88. The molecule has 0 bridgehead atoms. The summed E-state index contributed by atoms with van der Waals surface area (Å²) in [5.41, 5.74) is 2.45. The molecule has 134 valence electrons. The van der Waals surface area contributed by atoms with E-state index in [1.54, 1.807) is 7.11 Å². The lowest BCUT2D eigenvalue weighted by Gasteiger charge is -2.06. The maximum atomic E-state index is 9.43. The van der Waals surface area contributed by atoms with Crippen molar-refractivity contribution in [2.75, 3.05) is 7.11 Å². The molecule has 3 rings (SSSR count). The molecule has 0 aliphatic rings. The van der Waals surface area contributed by atoms with Gasteiger partial charge < -0.3 is 9.47 Å². The van der Waals surface area contributed by atoms with Crippen LogP contribution in [0.2, 0.25) is 0 Å². The van der Waals surface area contributed by atoms with E-state index in [1.807, 2.05) is 78.9 Å². The lowest BCUT2D eigenvalue weighted by molar-refractivity contribution is 0.415. The highest BCUT2D eigenvalue weighted by Crippen LogP contribution is 2.21. The van der Waals surface area contributed by atoms with Crippen LogP contribution < -0.4 is 9.47 Å². The highest BCUT2D eigenvalue weighted by Gasteiger charge is 2.03. The van der Waals surface area contributed by atoms with Crippen molar-refractivity contribution in [3.8, 4) is 23.4 Å². The lowest BCUT2D eigenvalue weighted by atomic mass is 10.0. The average molecular weight is 356 g/mol. The number of ether oxygens (including phenoxy) is 2. The summed E-state index contributed by atoms with van der Waals surface area (Å²) in [5.74, 6) is 2.10. The molecule has 0 spiro atoms. The Morgan fingerprint density at radius 3 is 2.44 bits per heavy atom. The summed E-state index contributed by atoms with van der Waals surface area (Å²) in [7, 11) is 1.62. The van der Waals surface area contributed by atoms with Crippen LogP contribution in [0.5, 0.6) is 17.4 Å². The highest BCUT2D eigenvalue weighted by molar-refractivity contribution is 5.76. The van der Waals surface area contributed by atoms with Gasteiger partial charge in [0.1, 0.15) is 11.5 Å². The second-order valence-corrected chi connectivity index (χ2v) is 5.88. The third-order valence-electron chi connectivity index (χ3n) is 4.02.